The van der Waals surface area contributed by atoms with Gasteiger partial charge in [-0.1, -0.05) is 26.8 Å². The van der Waals surface area contributed by atoms with Crippen LogP contribution in [0.2, 0.25) is 0 Å². The van der Waals surface area contributed by atoms with Gasteiger partial charge in [-0.05, 0) is 15.5 Å². The smallest absolute Gasteiger partial charge is 0.00519 e. The SMILES string of the molecule is CN(PP)P(P)P. The van der Waals surface area contributed by atoms with Crippen LogP contribution in [0.5, 0.6) is 0 Å². The number of rotatable bonds is 2. The summed E-state index contributed by atoms with van der Waals surface area (Å²) in [5.74, 6) is 0. The highest BCUT2D eigenvalue weighted by Crippen LogP contribution is 2.60. The minimum atomic E-state index is -0.00360. The van der Waals surface area contributed by atoms with Gasteiger partial charge in [0.1, 0.15) is 0 Å². The number of hydrogen-bond acceptors (Lipinski definition) is 1. The summed E-state index contributed by atoms with van der Waals surface area (Å²) in [6.45, 7) is 0. The van der Waals surface area contributed by atoms with Crippen LogP contribution in [-0.4, -0.2) is 11.5 Å². The molecule has 6 heteroatoms. The van der Waals surface area contributed by atoms with Gasteiger partial charge in [-0.3, -0.25) is 4.44 Å². The summed E-state index contributed by atoms with van der Waals surface area (Å²) in [4.78, 5) is 0. The Bertz CT molecular complexity index is 45.3. The molecule has 7 heavy (non-hydrogen) atoms. The van der Waals surface area contributed by atoms with Gasteiger partial charge in [0, 0.05) is 7.45 Å². The van der Waals surface area contributed by atoms with Crippen LogP contribution in [0.15, 0.2) is 0 Å². The maximum atomic E-state index is 2.77. The van der Waals surface area contributed by atoms with Gasteiger partial charge in [0.2, 0.25) is 0 Å². The first-order valence-corrected chi connectivity index (χ1v) is 8.96. The average molecular weight is 191 g/mol. The molecule has 0 rings (SSSR count). The van der Waals surface area contributed by atoms with E-state index in [4.69, 9.17) is 0 Å². The van der Waals surface area contributed by atoms with Crippen molar-refractivity contribution in [2.75, 3.05) is 7.05 Å². The molecule has 4 unspecified atom stereocenters. The molecular formula is CH10NP5. The molecule has 0 aliphatic rings. The molecule has 0 radical (unpaired) electrons. The maximum Gasteiger partial charge on any atom is 0.00519 e. The lowest BCUT2D eigenvalue weighted by Gasteiger charge is -2.16. The number of nitrogens with zero attached hydrogens (tertiary/aromatic N) is 1. The lowest BCUT2D eigenvalue weighted by atomic mass is 11.6. The van der Waals surface area contributed by atoms with Crippen molar-refractivity contribution < 1.29 is 0 Å². The van der Waals surface area contributed by atoms with E-state index in [1.165, 1.54) is 0 Å². The molecular weight excluding hydrogens is 181 g/mol. The fourth-order valence-corrected chi connectivity index (χ4v) is 5.40. The Morgan fingerprint density at radius 2 is 2.00 bits per heavy atom. The van der Waals surface area contributed by atoms with E-state index in [0.29, 0.717) is 0 Å². The Kier molecular flexibility index (Phi) is 6.43. The zero-order chi connectivity index (χ0) is 5.86. The van der Waals surface area contributed by atoms with Crippen LogP contribution in [0.1, 0.15) is 0 Å². The zero-order valence-corrected chi connectivity index (χ0v) is 9.49. The van der Waals surface area contributed by atoms with Crippen LogP contribution in [0.25, 0.3) is 0 Å². The predicted molar refractivity (Wildman–Crippen MR) is 52.1 cm³/mol. The minimum absolute atomic E-state index is 0.00360. The third kappa shape index (κ3) is 4.60. The normalized spacial score (nSPS) is 12.9. The highest BCUT2D eigenvalue weighted by atomic mass is 32.4. The van der Waals surface area contributed by atoms with Crippen molar-refractivity contribution in [3.05, 3.63) is 0 Å². The van der Waals surface area contributed by atoms with E-state index in [1.54, 1.807) is 0 Å². The fraction of sp³-hybridized carbons (Fsp3) is 1.00. The second-order valence-corrected chi connectivity index (χ2v) is 9.44. The molecule has 44 valence electrons. The van der Waals surface area contributed by atoms with E-state index in [-0.39, 0.29) is 7.45 Å². The van der Waals surface area contributed by atoms with Gasteiger partial charge in [-0.15, -0.1) is 0 Å². The van der Waals surface area contributed by atoms with Gasteiger partial charge in [0.15, 0.2) is 0 Å². The lowest BCUT2D eigenvalue weighted by molar-refractivity contribution is 0.939. The predicted octanol–water partition coefficient (Wildman–Crippen LogP) is 2.28. The van der Waals surface area contributed by atoms with Gasteiger partial charge in [0.05, 0.1) is 0 Å². The maximum absolute atomic E-state index is 2.77. The largest absolute Gasteiger partial charge is 0.256 e. The molecule has 0 saturated heterocycles. The fourth-order valence-electron chi connectivity index (χ4n) is 0.0667. The molecule has 0 aromatic rings. The Labute approximate surface area is 54.7 Å². The second-order valence-electron chi connectivity index (χ2n) is 1.03. The number of hydrogen-bond donors (Lipinski definition) is 0. The molecule has 0 heterocycles. The van der Waals surface area contributed by atoms with Crippen molar-refractivity contribution in [2.45, 2.75) is 0 Å². The first kappa shape index (κ1) is 9.11. The van der Waals surface area contributed by atoms with E-state index in [1.807, 2.05) is 0 Å². The van der Waals surface area contributed by atoms with E-state index < -0.39 is 0 Å². The third-order valence-electron chi connectivity index (χ3n) is 0.533. The molecule has 0 amide bonds. The van der Waals surface area contributed by atoms with Crippen LogP contribution < -0.4 is 0 Å². The van der Waals surface area contributed by atoms with Gasteiger partial charge in [0.25, 0.3) is 0 Å². The highest BCUT2D eigenvalue weighted by Gasteiger charge is 1.96. The topological polar surface area (TPSA) is 3.24 Å². The molecule has 0 spiro atoms. The molecule has 0 aliphatic heterocycles. The standard InChI is InChI=1S/CH10NP5/c1-2(6-3)7(4)5/h6H,3-5H2,1H3. The molecule has 0 fully saturated rings. The van der Waals surface area contributed by atoms with Crippen LogP contribution in [0.4, 0.5) is 0 Å². The van der Waals surface area contributed by atoms with E-state index in [2.05, 4.69) is 38.3 Å². The third-order valence-corrected chi connectivity index (χ3v) is 7.92. The van der Waals surface area contributed by atoms with Gasteiger partial charge in [-0.25, -0.2) is 0 Å². The highest BCUT2D eigenvalue weighted by molar-refractivity contribution is 8.43. The van der Waals surface area contributed by atoms with Crippen molar-refractivity contribution in [3.8, 4) is 0 Å². The molecule has 1 nitrogen and oxygen atoms in total. The van der Waals surface area contributed by atoms with Crippen molar-refractivity contribution in [1.29, 1.82) is 0 Å². The van der Waals surface area contributed by atoms with Crippen molar-refractivity contribution in [2.24, 2.45) is 0 Å². The quantitative estimate of drug-likeness (QED) is 0.605. The van der Waals surface area contributed by atoms with E-state index >= 15 is 0 Å². The van der Waals surface area contributed by atoms with Gasteiger partial charge >= 0.3 is 0 Å². The van der Waals surface area contributed by atoms with Crippen LogP contribution in [0, 0.1) is 0 Å². The molecule has 0 saturated carbocycles. The molecule has 0 aliphatic carbocycles. The van der Waals surface area contributed by atoms with Crippen LogP contribution in [0.3, 0.4) is 0 Å². The second kappa shape index (κ2) is 4.94. The van der Waals surface area contributed by atoms with Gasteiger partial charge in [-0.2, -0.15) is 0 Å². The summed E-state index contributed by atoms with van der Waals surface area (Å²) in [6, 6.07) is 0. The Balaban J connectivity index is 3.14. The van der Waals surface area contributed by atoms with E-state index in [0.717, 1.165) is 8.42 Å². The van der Waals surface area contributed by atoms with E-state index in [9.17, 15) is 0 Å². The summed E-state index contributed by atoms with van der Waals surface area (Å²) in [5.41, 5.74) is 0. The van der Waals surface area contributed by atoms with Crippen molar-refractivity contribution in [3.63, 3.8) is 0 Å². The van der Waals surface area contributed by atoms with Crippen LogP contribution >= 0.6 is 42.7 Å². The first-order chi connectivity index (χ1) is 3.18. The Morgan fingerprint density at radius 3 is 2.00 bits per heavy atom. The molecule has 0 bridgehead atoms. The zero-order valence-electron chi connectivity index (χ0n) is 4.13. The summed E-state index contributed by atoms with van der Waals surface area (Å²) in [5, 5.41) is 0. The Morgan fingerprint density at radius 1 is 1.57 bits per heavy atom. The summed E-state index contributed by atoms with van der Waals surface area (Å²) in [7, 11) is 11.2. The van der Waals surface area contributed by atoms with Crippen molar-refractivity contribution in [1.82, 2.24) is 4.44 Å². The molecule has 0 aromatic carbocycles. The van der Waals surface area contributed by atoms with Crippen molar-refractivity contribution >= 4 is 42.7 Å². The summed E-state index contributed by atoms with van der Waals surface area (Å²) < 4.78 is 2.27. The molecule has 0 aromatic heterocycles. The first-order valence-electron chi connectivity index (χ1n) is 1.68. The Hall–Kier alpha value is 2.11. The van der Waals surface area contributed by atoms with Gasteiger partial charge < -0.3 is 0 Å². The average Bonchev–Trinajstić information content (AvgIpc) is 1.65. The van der Waals surface area contributed by atoms with Crippen LogP contribution in [-0.2, 0) is 0 Å². The summed E-state index contributed by atoms with van der Waals surface area (Å²) >= 11 is 0. The summed E-state index contributed by atoms with van der Waals surface area (Å²) in [6.07, 6.45) is 0. The molecule has 4 atom stereocenters. The lowest BCUT2D eigenvalue weighted by Crippen LogP contribution is -1.85. The monoisotopic (exact) mass is 191 g/mol. The molecule has 0 N–H and O–H groups in total. The minimum Gasteiger partial charge on any atom is -0.256 e.